The van der Waals surface area contributed by atoms with E-state index in [9.17, 15) is 19.2 Å². The average Bonchev–Trinajstić information content (AvgIpc) is 3.39. The Labute approximate surface area is 241 Å². The zero-order chi connectivity index (χ0) is 30.9. The Morgan fingerprint density at radius 2 is 1.62 bits per heavy atom. The molecule has 1 saturated heterocycles. The highest BCUT2D eigenvalue weighted by Crippen LogP contribution is 2.29. The maximum Gasteiger partial charge on any atom is 0.245 e. The van der Waals surface area contributed by atoms with E-state index in [0.717, 1.165) is 12.8 Å². The van der Waals surface area contributed by atoms with Crippen LogP contribution in [0.5, 0.6) is 0 Å². The number of amides is 4. The number of hydrogen-bond acceptors (Lipinski definition) is 7. The normalized spacial score (nSPS) is 20.9. The van der Waals surface area contributed by atoms with Crippen molar-refractivity contribution in [1.29, 1.82) is 0 Å². The average molecular weight is 570 g/mol. The van der Waals surface area contributed by atoms with Gasteiger partial charge in [-0.3, -0.25) is 19.2 Å². The second-order valence-corrected chi connectivity index (χ2v) is 12.0. The predicted octanol–water partition coefficient (Wildman–Crippen LogP) is 1.52. The van der Waals surface area contributed by atoms with Gasteiger partial charge < -0.3 is 36.1 Å². The summed E-state index contributed by atoms with van der Waals surface area (Å²) in [6, 6.07) is -2.20. The van der Waals surface area contributed by atoms with E-state index in [4.69, 9.17) is 20.9 Å². The number of carbonyl (C=O) groups excluding carboxylic acids is 4. The van der Waals surface area contributed by atoms with Gasteiger partial charge in [0, 0.05) is 27.8 Å². The van der Waals surface area contributed by atoms with Gasteiger partial charge in [0.15, 0.2) is 0 Å². The number of methoxy groups -OCH3 is 2. The SMILES string of the molecule is CCC(C)C(C(CC(=O)N1CCCC1C(OC)C(C)C(N)=O)OC)N(C)C(=O)C(NC(=O)C(N)C(C)C)C(C)C. The van der Waals surface area contributed by atoms with Gasteiger partial charge >= 0.3 is 0 Å². The monoisotopic (exact) mass is 569 g/mol. The number of ether oxygens (including phenoxy) is 2. The highest BCUT2D eigenvalue weighted by atomic mass is 16.5. The topological polar surface area (TPSA) is 157 Å². The van der Waals surface area contributed by atoms with Crippen molar-refractivity contribution in [1.82, 2.24) is 15.1 Å². The van der Waals surface area contributed by atoms with Crippen LogP contribution in [0.2, 0.25) is 0 Å². The Bertz CT molecular complexity index is 853. The van der Waals surface area contributed by atoms with Gasteiger partial charge in [-0.15, -0.1) is 0 Å². The van der Waals surface area contributed by atoms with Gasteiger partial charge in [-0.2, -0.15) is 0 Å². The summed E-state index contributed by atoms with van der Waals surface area (Å²) in [5, 5.41) is 2.85. The second kappa shape index (κ2) is 16.3. The van der Waals surface area contributed by atoms with Gasteiger partial charge in [0.1, 0.15) is 6.04 Å². The van der Waals surface area contributed by atoms with Gasteiger partial charge in [0.25, 0.3) is 0 Å². The van der Waals surface area contributed by atoms with Crippen molar-refractivity contribution in [3.05, 3.63) is 0 Å². The molecular weight excluding hydrogens is 514 g/mol. The van der Waals surface area contributed by atoms with Crippen LogP contribution in [-0.4, -0.2) is 97.6 Å². The molecule has 0 aromatic heterocycles. The minimum absolute atomic E-state index is 0.00381. The van der Waals surface area contributed by atoms with Crippen LogP contribution in [0.15, 0.2) is 0 Å². The molecule has 1 heterocycles. The van der Waals surface area contributed by atoms with E-state index < -0.39 is 42.2 Å². The van der Waals surface area contributed by atoms with E-state index in [2.05, 4.69) is 5.32 Å². The summed E-state index contributed by atoms with van der Waals surface area (Å²) >= 11 is 0. The van der Waals surface area contributed by atoms with Crippen LogP contribution < -0.4 is 16.8 Å². The molecule has 11 heteroatoms. The van der Waals surface area contributed by atoms with E-state index in [-0.39, 0.29) is 47.9 Å². The summed E-state index contributed by atoms with van der Waals surface area (Å²) in [5.74, 6) is -2.02. The fourth-order valence-corrected chi connectivity index (χ4v) is 5.60. The van der Waals surface area contributed by atoms with Crippen LogP contribution in [-0.2, 0) is 28.7 Å². The summed E-state index contributed by atoms with van der Waals surface area (Å²) in [7, 11) is 4.78. The van der Waals surface area contributed by atoms with Crippen LogP contribution in [0.25, 0.3) is 0 Å². The second-order valence-electron chi connectivity index (χ2n) is 12.0. The van der Waals surface area contributed by atoms with E-state index in [1.807, 2.05) is 41.5 Å². The Kier molecular flexibility index (Phi) is 14.6. The standard InChI is InChI=1S/C29H55N5O6/c1-11-18(6)25(33(8)29(38)24(17(4)5)32-28(37)23(30)16(2)3)21(39-9)15-22(35)34-14-12-13-20(34)26(40-10)19(7)27(31)36/h16-21,23-26H,11-15,30H2,1-10H3,(H2,31,36)(H,32,37). The highest BCUT2D eigenvalue weighted by molar-refractivity contribution is 5.90. The van der Waals surface area contributed by atoms with E-state index in [1.165, 1.54) is 7.11 Å². The Morgan fingerprint density at radius 3 is 2.08 bits per heavy atom. The van der Waals surface area contributed by atoms with Gasteiger partial charge in [0.05, 0.1) is 42.7 Å². The summed E-state index contributed by atoms with van der Waals surface area (Å²) in [4.78, 5) is 55.5. The summed E-state index contributed by atoms with van der Waals surface area (Å²) in [5.41, 5.74) is 11.6. The number of nitrogens with one attached hydrogen (secondary N) is 1. The third kappa shape index (κ3) is 8.88. The Balaban J connectivity index is 3.22. The van der Waals surface area contributed by atoms with Crippen LogP contribution in [0.4, 0.5) is 0 Å². The lowest BCUT2D eigenvalue weighted by Gasteiger charge is -2.41. The first-order chi connectivity index (χ1) is 18.6. The molecule has 0 spiro atoms. The molecule has 0 saturated carbocycles. The van der Waals surface area contributed by atoms with Gasteiger partial charge in [-0.25, -0.2) is 0 Å². The summed E-state index contributed by atoms with van der Waals surface area (Å²) in [6.07, 6.45) is 1.21. The first kappa shape index (κ1) is 35.8. The third-order valence-electron chi connectivity index (χ3n) is 8.55. The fourth-order valence-electron chi connectivity index (χ4n) is 5.60. The van der Waals surface area contributed by atoms with E-state index in [0.29, 0.717) is 13.0 Å². The molecule has 0 aromatic carbocycles. The number of nitrogens with two attached hydrogens (primary N) is 2. The number of hydrogen-bond donors (Lipinski definition) is 3. The maximum absolute atomic E-state index is 13.8. The lowest BCUT2D eigenvalue weighted by Crippen LogP contribution is -2.59. The minimum Gasteiger partial charge on any atom is -0.379 e. The molecule has 8 unspecified atom stereocenters. The fraction of sp³-hybridized carbons (Fsp3) is 0.862. The molecule has 0 aliphatic carbocycles. The van der Waals surface area contributed by atoms with Crippen molar-refractivity contribution in [2.24, 2.45) is 35.1 Å². The predicted molar refractivity (Wildman–Crippen MR) is 155 cm³/mol. The van der Waals surface area contributed by atoms with E-state index in [1.54, 1.807) is 30.9 Å². The summed E-state index contributed by atoms with van der Waals surface area (Å²) < 4.78 is 11.5. The number of nitrogens with zero attached hydrogens (tertiary/aromatic N) is 2. The minimum atomic E-state index is -0.775. The maximum atomic E-state index is 13.8. The van der Waals surface area contributed by atoms with Crippen molar-refractivity contribution >= 4 is 23.6 Å². The first-order valence-corrected chi connectivity index (χ1v) is 14.6. The molecule has 232 valence electrons. The van der Waals surface area contributed by atoms with Crippen LogP contribution >= 0.6 is 0 Å². The van der Waals surface area contributed by atoms with Crippen molar-refractivity contribution in [2.75, 3.05) is 27.8 Å². The molecule has 0 bridgehead atoms. The molecule has 5 N–H and O–H groups in total. The summed E-state index contributed by atoms with van der Waals surface area (Å²) in [6.45, 7) is 13.8. The quantitative estimate of drug-likeness (QED) is 0.254. The smallest absolute Gasteiger partial charge is 0.245 e. The highest BCUT2D eigenvalue weighted by Gasteiger charge is 2.42. The molecule has 1 aliphatic heterocycles. The Hall–Kier alpha value is -2.24. The first-order valence-electron chi connectivity index (χ1n) is 14.6. The van der Waals surface area contributed by atoms with Crippen LogP contribution in [0.1, 0.15) is 74.1 Å². The van der Waals surface area contributed by atoms with Crippen molar-refractivity contribution in [3.63, 3.8) is 0 Å². The number of carbonyl (C=O) groups is 4. The lowest BCUT2D eigenvalue weighted by atomic mass is 9.89. The number of likely N-dealkylation sites (N-methyl/N-ethyl adjacent to an activating group) is 1. The van der Waals surface area contributed by atoms with Gasteiger partial charge in [0.2, 0.25) is 23.6 Å². The van der Waals surface area contributed by atoms with Crippen molar-refractivity contribution in [3.8, 4) is 0 Å². The van der Waals surface area contributed by atoms with Crippen molar-refractivity contribution in [2.45, 2.75) is 111 Å². The van der Waals surface area contributed by atoms with E-state index >= 15 is 0 Å². The molecule has 1 rings (SSSR count). The third-order valence-corrected chi connectivity index (χ3v) is 8.55. The molecule has 40 heavy (non-hydrogen) atoms. The molecule has 0 aromatic rings. The Morgan fingerprint density at radius 1 is 1.02 bits per heavy atom. The zero-order valence-electron chi connectivity index (χ0n) is 26.3. The molecular formula is C29H55N5O6. The van der Waals surface area contributed by atoms with Gasteiger partial charge in [-0.1, -0.05) is 54.9 Å². The largest absolute Gasteiger partial charge is 0.379 e. The molecule has 4 amide bonds. The van der Waals surface area contributed by atoms with Crippen LogP contribution in [0, 0.1) is 23.7 Å². The van der Waals surface area contributed by atoms with Crippen molar-refractivity contribution < 1.29 is 28.7 Å². The zero-order valence-corrected chi connectivity index (χ0v) is 26.3. The number of rotatable bonds is 16. The van der Waals surface area contributed by atoms with Crippen LogP contribution in [0.3, 0.4) is 0 Å². The molecule has 1 fully saturated rings. The lowest BCUT2D eigenvalue weighted by molar-refractivity contribution is -0.147. The number of likely N-dealkylation sites (tertiary alicyclic amines) is 1. The molecule has 0 radical (unpaired) electrons. The van der Waals surface area contributed by atoms with Gasteiger partial charge in [-0.05, 0) is 30.6 Å². The molecule has 8 atom stereocenters. The number of primary amides is 1. The molecule has 1 aliphatic rings. The molecule has 11 nitrogen and oxygen atoms in total.